The summed E-state index contributed by atoms with van der Waals surface area (Å²) in [5.41, 5.74) is 2.56. The van der Waals surface area contributed by atoms with E-state index in [-0.39, 0.29) is 0 Å². The monoisotopic (exact) mass is 223 g/mol. The molecule has 0 amide bonds. The Morgan fingerprint density at radius 3 is 3.19 bits per heavy atom. The van der Waals surface area contributed by atoms with Crippen LogP contribution in [0.15, 0.2) is 6.20 Å². The Labute approximate surface area is 97.0 Å². The fraction of sp³-hybridized carbons (Fsp3) is 0.750. The van der Waals surface area contributed by atoms with Crippen LogP contribution in [-0.4, -0.2) is 29.5 Å². The highest BCUT2D eigenvalue weighted by Gasteiger charge is 2.16. The van der Waals surface area contributed by atoms with E-state index in [4.69, 9.17) is 4.74 Å². The van der Waals surface area contributed by atoms with Gasteiger partial charge in [-0.15, -0.1) is 0 Å². The zero-order chi connectivity index (χ0) is 11.4. The first-order chi connectivity index (χ1) is 7.81. The quantitative estimate of drug-likeness (QED) is 0.822. The number of ether oxygens (including phenoxy) is 1. The molecule has 1 aromatic rings. The van der Waals surface area contributed by atoms with Crippen LogP contribution in [0.25, 0.3) is 0 Å². The normalized spacial score (nSPS) is 20.5. The molecule has 4 heteroatoms. The van der Waals surface area contributed by atoms with Crippen LogP contribution in [0.2, 0.25) is 0 Å². The lowest BCUT2D eigenvalue weighted by molar-refractivity contribution is 0.0993. The van der Waals surface area contributed by atoms with E-state index >= 15 is 0 Å². The lowest BCUT2D eigenvalue weighted by Crippen LogP contribution is -2.12. The summed E-state index contributed by atoms with van der Waals surface area (Å²) in [6.45, 7) is 4.94. The van der Waals surface area contributed by atoms with E-state index in [2.05, 4.69) is 22.0 Å². The van der Waals surface area contributed by atoms with Gasteiger partial charge in [-0.2, -0.15) is 5.10 Å². The maximum Gasteiger partial charge on any atom is 0.0593 e. The molecular weight excluding hydrogens is 202 g/mol. The van der Waals surface area contributed by atoms with Crippen LogP contribution in [0.3, 0.4) is 0 Å². The molecule has 1 fully saturated rings. The smallest absolute Gasteiger partial charge is 0.0593 e. The zero-order valence-corrected chi connectivity index (χ0v) is 10.2. The van der Waals surface area contributed by atoms with Gasteiger partial charge in [0.25, 0.3) is 0 Å². The molecule has 2 rings (SSSR count). The van der Waals surface area contributed by atoms with Crippen molar-refractivity contribution in [1.82, 2.24) is 15.1 Å². The predicted molar refractivity (Wildman–Crippen MR) is 63.3 cm³/mol. The molecule has 0 saturated carbocycles. The molecule has 90 valence electrons. The summed E-state index contributed by atoms with van der Waals surface area (Å²) in [5.74, 6) is 0. The van der Waals surface area contributed by atoms with Gasteiger partial charge >= 0.3 is 0 Å². The van der Waals surface area contributed by atoms with Gasteiger partial charge in [-0.3, -0.25) is 4.68 Å². The topological polar surface area (TPSA) is 39.1 Å². The van der Waals surface area contributed by atoms with E-state index in [1.54, 1.807) is 0 Å². The summed E-state index contributed by atoms with van der Waals surface area (Å²) in [7, 11) is 1.96. The largest absolute Gasteiger partial charge is 0.378 e. The minimum atomic E-state index is 0.455. The summed E-state index contributed by atoms with van der Waals surface area (Å²) in [4.78, 5) is 0. The Balaban J connectivity index is 1.88. The second kappa shape index (κ2) is 5.46. The van der Waals surface area contributed by atoms with E-state index in [0.717, 1.165) is 26.1 Å². The predicted octanol–water partition coefficient (Wildman–Crippen LogP) is 1.48. The molecule has 1 aliphatic heterocycles. The Morgan fingerprint density at radius 2 is 2.50 bits per heavy atom. The molecule has 1 atom stereocenters. The third kappa shape index (κ3) is 2.62. The molecule has 1 N–H and O–H groups in total. The fourth-order valence-corrected chi connectivity index (χ4v) is 2.21. The van der Waals surface area contributed by atoms with Gasteiger partial charge in [0.1, 0.15) is 0 Å². The van der Waals surface area contributed by atoms with Gasteiger partial charge < -0.3 is 10.1 Å². The average Bonchev–Trinajstić information content (AvgIpc) is 2.89. The van der Waals surface area contributed by atoms with Crippen molar-refractivity contribution >= 4 is 0 Å². The third-order valence-corrected chi connectivity index (χ3v) is 3.26. The van der Waals surface area contributed by atoms with E-state index in [1.165, 1.54) is 24.1 Å². The van der Waals surface area contributed by atoms with E-state index in [0.29, 0.717) is 6.10 Å². The number of nitrogens with zero attached hydrogens (tertiary/aromatic N) is 2. The molecule has 4 nitrogen and oxygen atoms in total. The zero-order valence-electron chi connectivity index (χ0n) is 10.2. The molecule has 0 aliphatic carbocycles. The molecule has 1 unspecified atom stereocenters. The highest BCUT2D eigenvalue weighted by molar-refractivity contribution is 5.15. The third-order valence-electron chi connectivity index (χ3n) is 3.26. The van der Waals surface area contributed by atoms with Gasteiger partial charge in [-0.05, 0) is 33.2 Å². The molecule has 2 heterocycles. The molecule has 0 bridgehead atoms. The number of rotatable bonds is 5. The van der Waals surface area contributed by atoms with Gasteiger partial charge in [0, 0.05) is 31.0 Å². The Hall–Kier alpha value is -0.870. The van der Waals surface area contributed by atoms with Crippen LogP contribution >= 0.6 is 0 Å². The van der Waals surface area contributed by atoms with Gasteiger partial charge in [0.15, 0.2) is 0 Å². The van der Waals surface area contributed by atoms with Gasteiger partial charge in [-0.25, -0.2) is 0 Å². The fourth-order valence-electron chi connectivity index (χ4n) is 2.21. The summed E-state index contributed by atoms with van der Waals surface area (Å²) in [5, 5.41) is 7.57. The molecule has 1 saturated heterocycles. The summed E-state index contributed by atoms with van der Waals surface area (Å²) < 4.78 is 7.71. The van der Waals surface area contributed by atoms with Crippen LogP contribution in [0.5, 0.6) is 0 Å². The maximum atomic E-state index is 5.62. The number of aromatic nitrogens is 2. The van der Waals surface area contributed by atoms with Crippen LogP contribution in [0, 0.1) is 6.92 Å². The molecule has 1 aromatic heterocycles. The second-order valence-corrected chi connectivity index (χ2v) is 4.43. The van der Waals surface area contributed by atoms with Crippen molar-refractivity contribution < 1.29 is 4.74 Å². The highest BCUT2D eigenvalue weighted by Crippen LogP contribution is 2.16. The minimum absolute atomic E-state index is 0.455. The van der Waals surface area contributed by atoms with E-state index in [9.17, 15) is 0 Å². The summed E-state index contributed by atoms with van der Waals surface area (Å²) in [6, 6.07) is 0. The van der Waals surface area contributed by atoms with Crippen molar-refractivity contribution in [2.45, 2.75) is 45.4 Å². The van der Waals surface area contributed by atoms with Crippen LogP contribution in [-0.2, 0) is 17.8 Å². The van der Waals surface area contributed by atoms with E-state index < -0.39 is 0 Å². The maximum absolute atomic E-state index is 5.62. The number of hydrogen-bond acceptors (Lipinski definition) is 3. The van der Waals surface area contributed by atoms with Crippen molar-refractivity contribution in [3.8, 4) is 0 Å². The van der Waals surface area contributed by atoms with Crippen molar-refractivity contribution in [2.75, 3.05) is 13.7 Å². The van der Waals surface area contributed by atoms with Crippen molar-refractivity contribution in [3.63, 3.8) is 0 Å². The summed E-state index contributed by atoms with van der Waals surface area (Å²) in [6.07, 6.45) is 5.93. The minimum Gasteiger partial charge on any atom is -0.378 e. The molecule has 0 radical (unpaired) electrons. The molecular formula is C12H21N3O. The Kier molecular flexibility index (Phi) is 3.96. The lowest BCUT2D eigenvalue weighted by atomic mass is 10.2. The highest BCUT2D eigenvalue weighted by atomic mass is 16.5. The van der Waals surface area contributed by atoms with Crippen molar-refractivity contribution in [2.24, 2.45) is 0 Å². The molecule has 16 heavy (non-hydrogen) atoms. The van der Waals surface area contributed by atoms with Crippen LogP contribution in [0.1, 0.15) is 30.5 Å². The first-order valence-corrected chi connectivity index (χ1v) is 6.08. The average molecular weight is 223 g/mol. The Morgan fingerprint density at radius 1 is 1.62 bits per heavy atom. The van der Waals surface area contributed by atoms with Crippen molar-refractivity contribution in [3.05, 3.63) is 17.5 Å². The standard InChI is InChI=1S/C12H21N3O/c1-10-11(8-13-2)9-14-15(10)6-5-12-4-3-7-16-12/h9,12-13H,3-8H2,1-2H3. The van der Waals surface area contributed by atoms with E-state index in [1.807, 2.05) is 13.2 Å². The van der Waals surface area contributed by atoms with Gasteiger partial charge in [0.05, 0.1) is 12.3 Å². The lowest BCUT2D eigenvalue weighted by Gasteiger charge is -2.10. The van der Waals surface area contributed by atoms with Gasteiger partial charge in [0.2, 0.25) is 0 Å². The molecule has 0 aromatic carbocycles. The number of hydrogen-bond donors (Lipinski definition) is 1. The van der Waals surface area contributed by atoms with Crippen LogP contribution in [0.4, 0.5) is 0 Å². The molecule has 0 spiro atoms. The first-order valence-electron chi connectivity index (χ1n) is 6.08. The first kappa shape index (κ1) is 11.6. The Bertz CT molecular complexity index is 329. The SMILES string of the molecule is CNCc1cnn(CCC2CCCO2)c1C. The van der Waals surface area contributed by atoms with Crippen molar-refractivity contribution in [1.29, 1.82) is 0 Å². The van der Waals surface area contributed by atoms with Gasteiger partial charge in [-0.1, -0.05) is 0 Å². The number of nitrogens with one attached hydrogen (secondary N) is 1. The second-order valence-electron chi connectivity index (χ2n) is 4.43. The molecule has 1 aliphatic rings. The van der Waals surface area contributed by atoms with Crippen LogP contribution < -0.4 is 5.32 Å². The summed E-state index contributed by atoms with van der Waals surface area (Å²) >= 11 is 0. The number of aryl methyl sites for hydroxylation is 1.